The van der Waals surface area contributed by atoms with E-state index in [2.05, 4.69) is 15.6 Å². The van der Waals surface area contributed by atoms with Crippen molar-refractivity contribution >= 4 is 35.0 Å². The Morgan fingerprint density at radius 1 is 1.13 bits per heavy atom. The topological polar surface area (TPSA) is 128 Å². The van der Waals surface area contributed by atoms with E-state index in [1.165, 1.54) is 18.0 Å². The maximum atomic E-state index is 12.6. The summed E-state index contributed by atoms with van der Waals surface area (Å²) in [5.74, 6) is -1.29. The predicted octanol–water partition coefficient (Wildman–Crippen LogP) is 2.64. The standard InChI is InChI=1S/C21H20ClN5O4/c1-3-24-21(30)17-18(19(23)28)27(11-25-17)13-9-7-12(8-10-13)26-20(29)14-5-4-6-15(31-2)16(14)22/h4-11H,3H2,1-2H3,(H2,23,28)(H,24,30)(H,26,29). The molecule has 9 nitrogen and oxygen atoms in total. The molecule has 160 valence electrons. The number of primary amides is 1. The summed E-state index contributed by atoms with van der Waals surface area (Å²) in [5.41, 5.74) is 6.68. The van der Waals surface area contributed by atoms with E-state index in [-0.39, 0.29) is 22.0 Å². The van der Waals surface area contributed by atoms with Crippen LogP contribution in [-0.2, 0) is 0 Å². The van der Waals surface area contributed by atoms with E-state index >= 15 is 0 Å². The number of carbonyl (C=O) groups excluding carboxylic acids is 3. The molecule has 0 atom stereocenters. The van der Waals surface area contributed by atoms with Crippen LogP contribution in [-0.4, -0.2) is 40.9 Å². The van der Waals surface area contributed by atoms with Crippen LogP contribution < -0.4 is 21.1 Å². The summed E-state index contributed by atoms with van der Waals surface area (Å²) in [7, 11) is 1.47. The average molecular weight is 442 g/mol. The Morgan fingerprint density at radius 3 is 2.45 bits per heavy atom. The molecule has 3 rings (SSSR count). The molecule has 0 saturated carbocycles. The molecule has 10 heteroatoms. The first-order chi connectivity index (χ1) is 14.9. The number of hydrogen-bond acceptors (Lipinski definition) is 5. The number of benzene rings is 2. The Labute approximate surface area is 183 Å². The SMILES string of the molecule is CCNC(=O)c1ncn(-c2ccc(NC(=O)c3cccc(OC)c3Cl)cc2)c1C(N)=O. The van der Waals surface area contributed by atoms with E-state index in [9.17, 15) is 14.4 Å². The first-order valence-corrected chi connectivity index (χ1v) is 9.64. The third kappa shape index (κ3) is 4.51. The van der Waals surface area contributed by atoms with Crippen LogP contribution in [0.3, 0.4) is 0 Å². The average Bonchev–Trinajstić information content (AvgIpc) is 3.20. The number of nitrogens with one attached hydrogen (secondary N) is 2. The van der Waals surface area contributed by atoms with E-state index in [0.717, 1.165) is 0 Å². The van der Waals surface area contributed by atoms with Gasteiger partial charge in [0.15, 0.2) is 5.69 Å². The summed E-state index contributed by atoms with van der Waals surface area (Å²) in [6.07, 6.45) is 1.34. The second kappa shape index (κ2) is 9.31. The van der Waals surface area contributed by atoms with Crippen molar-refractivity contribution in [3.63, 3.8) is 0 Å². The number of anilines is 1. The largest absolute Gasteiger partial charge is 0.495 e. The number of nitrogens with two attached hydrogens (primary N) is 1. The zero-order valence-electron chi connectivity index (χ0n) is 16.8. The molecule has 0 unspecified atom stereocenters. The van der Waals surface area contributed by atoms with Crippen LogP contribution in [0.5, 0.6) is 5.75 Å². The molecule has 1 heterocycles. The Bertz CT molecular complexity index is 1140. The van der Waals surface area contributed by atoms with Gasteiger partial charge in [-0.25, -0.2) is 4.98 Å². The predicted molar refractivity (Wildman–Crippen MR) is 116 cm³/mol. The molecule has 0 radical (unpaired) electrons. The molecule has 0 fully saturated rings. The summed E-state index contributed by atoms with van der Waals surface area (Å²) in [4.78, 5) is 40.7. The number of nitrogens with zero attached hydrogens (tertiary/aromatic N) is 2. The lowest BCUT2D eigenvalue weighted by Crippen LogP contribution is -2.27. The second-order valence-electron chi connectivity index (χ2n) is 6.36. The van der Waals surface area contributed by atoms with E-state index in [1.54, 1.807) is 49.4 Å². The van der Waals surface area contributed by atoms with Gasteiger partial charge in [-0.3, -0.25) is 19.0 Å². The molecule has 31 heavy (non-hydrogen) atoms. The minimum Gasteiger partial charge on any atom is -0.495 e. The molecular formula is C21H20ClN5O4. The number of methoxy groups -OCH3 is 1. The minimum atomic E-state index is -0.788. The van der Waals surface area contributed by atoms with Crippen molar-refractivity contribution in [3.8, 4) is 11.4 Å². The molecule has 0 aliphatic heterocycles. The Morgan fingerprint density at radius 2 is 1.84 bits per heavy atom. The minimum absolute atomic E-state index is 0.0362. The molecule has 3 amide bonds. The highest BCUT2D eigenvalue weighted by atomic mass is 35.5. The Kier molecular flexibility index (Phi) is 6.56. The number of ether oxygens (including phenoxy) is 1. The van der Waals surface area contributed by atoms with Gasteiger partial charge in [-0.2, -0.15) is 0 Å². The lowest BCUT2D eigenvalue weighted by molar-refractivity contribution is 0.0931. The monoisotopic (exact) mass is 441 g/mol. The van der Waals surface area contributed by atoms with Crippen LogP contribution in [0, 0.1) is 0 Å². The van der Waals surface area contributed by atoms with Gasteiger partial charge in [0.2, 0.25) is 0 Å². The summed E-state index contributed by atoms with van der Waals surface area (Å²) in [6, 6.07) is 11.5. The summed E-state index contributed by atoms with van der Waals surface area (Å²) in [6.45, 7) is 2.14. The lowest BCUT2D eigenvalue weighted by atomic mass is 10.2. The normalized spacial score (nSPS) is 10.4. The number of rotatable bonds is 7. The van der Waals surface area contributed by atoms with Crippen molar-refractivity contribution in [2.45, 2.75) is 6.92 Å². The van der Waals surface area contributed by atoms with Gasteiger partial charge in [-0.05, 0) is 43.3 Å². The fraction of sp³-hybridized carbons (Fsp3) is 0.143. The van der Waals surface area contributed by atoms with Crippen molar-refractivity contribution in [3.05, 3.63) is 70.8 Å². The highest BCUT2D eigenvalue weighted by Gasteiger charge is 2.22. The van der Waals surface area contributed by atoms with Gasteiger partial charge in [0.25, 0.3) is 17.7 Å². The van der Waals surface area contributed by atoms with Crippen molar-refractivity contribution < 1.29 is 19.1 Å². The van der Waals surface area contributed by atoms with Gasteiger partial charge < -0.3 is 21.1 Å². The maximum absolute atomic E-state index is 12.6. The van der Waals surface area contributed by atoms with Crippen LogP contribution in [0.15, 0.2) is 48.8 Å². The molecule has 0 bridgehead atoms. The number of hydrogen-bond donors (Lipinski definition) is 3. The Balaban J connectivity index is 1.85. The number of carbonyl (C=O) groups is 3. The molecule has 3 aromatic rings. The fourth-order valence-electron chi connectivity index (χ4n) is 2.94. The maximum Gasteiger partial charge on any atom is 0.272 e. The fourth-order valence-corrected chi connectivity index (χ4v) is 3.23. The highest BCUT2D eigenvalue weighted by molar-refractivity contribution is 6.35. The first-order valence-electron chi connectivity index (χ1n) is 9.27. The van der Waals surface area contributed by atoms with E-state index < -0.39 is 17.7 Å². The van der Waals surface area contributed by atoms with Crippen LogP contribution in [0.4, 0.5) is 5.69 Å². The van der Waals surface area contributed by atoms with Crippen LogP contribution in [0.2, 0.25) is 5.02 Å². The van der Waals surface area contributed by atoms with Gasteiger partial charge in [-0.1, -0.05) is 17.7 Å². The molecule has 0 saturated heterocycles. The highest BCUT2D eigenvalue weighted by Crippen LogP contribution is 2.28. The number of halogens is 1. The van der Waals surface area contributed by atoms with Crippen LogP contribution >= 0.6 is 11.6 Å². The van der Waals surface area contributed by atoms with Crippen molar-refractivity contribution in [2.75, 3.05) is 19.0 Å². The van der Waals surface area contributed by atoms with Crippen molar-refractivity contribution in [1.29, 1.82) is 0 Å². The van der Waals surface area contributed by atoms with E-state index in [0.29, 0.717) is 23.7 Å². The molecule has 2 aromatic carbocycles. The van der Waals surface area contributed by atoms with Crippen LogP contribution in [0.25, 0.3) is 5.69 Å². The van der Waals surface area contributed by atoms with Crippen LogP contribution in [0.1, 0.15) is 38.3 Å². The number of aromatic nitrogens is 2. The lowest BCUT2D eigenvalue weighted by Gasteiger charge is -2.11. The zero-order chi connectivity index (χ0) is 22.5. The number of amides is 3. The Hall–Kier alpha value is -3.85. The molecule has 0 spiro atoms. The quantitative estimate of drug-likeness (QED) is 0.519. The van der Waals surface area contributed by atoms with E-state index in [4.69, 9.17) is 22.1 Å². The zero-order valence-corrected chi connectivity index (χ0v) is 17.6. The molecular weight excluding hydrogens is 422 g/mol. The summed E-state index contributed by atoms with van der Waals surface area (Å²) >= 11 is 6.20. The molecule has 0 aliphatic carbocycles. The van der Waals surface area contributed by atoms with Crippen molar-refractivity contribution in [2.24, 2.45) is 5.73 Å². The van der Waals surface area contributed by atoms with Gasteiger partial charge in [0, 0.05) is 17.9 Å². The number of imidazole rings is 1. The first kappa shape index (κ1) is 21.8. The smallest absolute Gasteiger partial charge is 0.272 e. The molecule has 4 N–H and O–H groups in total. The van der Waals surface area contributed by atoms with Gasteiger partial charge in [0.05, 0.1) is 17.7 Å². The second-order valence-corrected chi connectivity index (χ2v) is 6.74. The molecule has 0 aliphatic rings. The third-order valence-corrected chi connectivity index (χ3v) is 4.77. The van der Waals surface area contributed by atoms with Crippen molar-refractivity contribution in [1.82, 2.24) is 14.9 Å². The van der Waals surface area contributed by atoms with E-state index in [1.807, 2.05) is 0 Å². The molecule has 1 aromatic heterocycles. The third-order valence-electron chi connectivity index (χ3n) is 4.38. The summed E-state index contributed by atoms with van der Waals surface area (Å²) in [5, 5.41) is 5.55. The summed E-state index contributed by atoms with van der Waals surface area (Å²) < 4.78 is 6.54. The van der Waals surface area contributed by atoms with Gasteiger partial charge in [0.1, 0.15) is 17.8 Å². The van der Waals surface area contributed by atoms with Gasteiger partial charge >= 0.3 is 0 Å². The van der Waals surface area contributed by atoms with Gasteiger partial charge in [-0.15, -0.1) is 0 Å².